The van der Waals surface area contributed by atoms with E-state index in [1.807, 2.05) is 48.7 Å². The zero-order valence-electron chi connectivity index (χ0n) is 18.1. The minimum Gasteiger partial charge on any atom is -0.475 e. The van der Waals surface area contributed by atoms with Crippen molar-refractivity contribution in [2.45, 2.75) is 6.18 Å². The number of halogens is 3. The van der Waals surface area contributed by atoms with Crippen LogP contribution in [0.5, 0.6) is 0 Å². The molecule has 0 aliphatic heterocycles. The molecule has 0 fully saturated rings. The number of nitrogens with zero attached hydrogens (tertiary/aromatic N) is 2. The molecule has 0 saturated carbocycles. The van der Waals surface area contributed by atoms with Crippen LogP contribution in [0.3, 0.4) is 0 Å². The maximum Gasteiger partial charge on any atom is 0.490 e. The van der Waals surface area contributed by atoms with Crippen LogP contribution in [0.4, 0.5) is 30.2 Å². The van der Waals surface area contributed by atoms with Crippen LogP contribution in [0.15, 0.2) is 79.3 Å². The van der Waals surface area contributed by atoms with Crippen LogP contribution < -0.4 is 10.0 Å². The van der Waals surface area contributed by atoms with E-state index in [9.17, 15) is 21.6 Å². The van der Waals surface area contributed by atoms with Crippen molar-refractivity contribution in [3.05, 3.63) is 79.3 Å². The lowest BCUT2D eigenvalue weighted by molar-refractivity contribution is -0.192. The number of benzene rings is 2. The summed E-state index contributed by atoms with van der Waals surface area (Å²) in [6, 6.07) is 19.0. The van der Waals surface area contributed by atoms with E-state index in [1.165, 1.54) is 0 Å². The molecular weight excluding hydrogens is 485 g/mol. The number of sulfonamides is 1. The number of carboxylic acids is 1. The Morgan fingerprint density at radius 2 is 1.57 bits per heavy atom. The maximum absolute atomic E-state index is 11.4. The Labute approximate surface area is 198 Å². The number of carbonyl (C=O) groups is 1. The Morgan fingerprint density at radius 3 is 2.14 bits per heavy atom. The van der Waals surface area contributed by atoms with Gasteiger partial charge in [0, 0.05) is 46.6 Å². The number of hydrogen-bond donors (Lipinski definition) is 3. The molecule has 0 bridgehead atoms. The van der Waals surface area contributed by atoms with Gasteiger partial charge in [-0.1, -0.05) is 18.2 Å². The van der Waals surface area contributed by atoms with Gasteiger partial charge in [-0.25, -0.2) is 13.2 Å². The highest BCUT2D eigenvalue weighted by molar-refractivity contribution is 7.92. The van der Waals surface area contributed by atoms with Crippen molar-refractivity contribution in [1.29, 1.82) is 0 Å². The van der Waals surface area contributed by atoms with E-state index < -0.39 is 22.2 Å². The summed E-state index contributed by atoms with van der Waals surface area (Å²) in [5.41, 5.74) is 5.21. The summed E-state index contributed by atoms with van der Waals surface area (Å²) in [6.07, 6.45) is 1.34. The average Bonchev–Trinajstić information content (AvgIpc) is 2.79. The quantitative estimate of drug-likeness (QED) is 0.348. The summed E-state index contributed by atoms with van der Waals surface area (Å²) < 4.78 is 56.9. The van der Waals surface area contributed by atoms with E-state index in [0.29, 0.717) is 5.69 Å². The first-order chi connectivity index (χ1) is 16.4. The van der Waals surface area contributed by atoms with Crippen LogP contribution in [0.1, 0.15) is 0 Å². The first kappa shape index (κ1) is 25.4. The normalized spacial score (nSPS) is 11.3. The second-order valence-electron chi connectivity index (χ2n) is 7.21. The van der Waals surface area contributed by atoms with Crippen LogP contribution in [0, 0.1) is 0 Å². The van der Waals surface area contributed by atoms with Crippen LogP contribution >= 0.6 is 0 Å². The highest BCUT2D eigenvalue weighted by Crippen LogP contribution is 2.30. The van der Waals surface area contributed by atoms with E-state index in [0.717, 1.165) is 39.7 Å². The van der Waals surface area contributed by atoms with Gasteiger partial charge in [-0.05, 0) is 48.0 Å². The number of aliphatic carboxylic acids is 1. The molecule has 35 heavy (non-hydrogen) atoms. The number of hydrogen-bond acceptors (Lipinski definition) is 6. The zero-order chi connectivity index (χ0) is 25.6. The van der Waals surface area contributed by atoms with Gasteiger partial charge in [-0.3, -0.25) is 14.7 Å². The molecule has 0 amide bonds. The number of carboxylic acid groups (broad SMARTS) is 1. The third-order valence-electron chi connectivity index (χ3n) is 4.45. The third-order valence-corrected chi connectivity index (χ3v) is 5.06. The minimum atomic E-state index is -5.08. The van der Waals surface area contributed by atoms with Crippen molar-refractivity contribution in [3.63, 3.8) is 0 Å². The Kier molecular flexibility index (Phi) is 7.55. The number of aromatic nitrogens is 2. The number of fused-ring (bicyclic) bond motifs is 1. The Balaban J connectivity index is 0.000000429. The van der Waals surface area contributed by atoms with Gasteiger partial charge in [0.05, 0.1) is 11.8 Å². The Morgan fingerprint density at radius 1 is 0.943 bits per heavy atom. The molecule has 0 spiro atoms. The van der Waals surface area contributed by atoms with Crippen molar-refractivity contribution >= 4 is 44.0 Å². The predicted octanol–water partition coefficient (Wildman–Crippen LogP) is 5.05. The molecule has 4 aromatic rings. The highest BCUT2D eigenvalue weighted by atomic mass is 32.2. The molecule has 0 radical (unpaired) electrons. The average molecular weight is 504 g/mol. The molecule has 0 unspecified atom stereocenters. The predicted molar refractivity (Wildman–Crippen MR) is 127 cm³/mol. The summed E-state index contributed by atoms with van der Waals surface area (Å²) in [4.78, 5) is 17.5. The zero-order valence-corrected chi connectivity index (χ0v) is 18.9. The van der Waals surface area contributed by atoms with Gasteiger partial charge in [0.1, 0.15) is 0 Å². The molecule has 0 aliphatic carbocycles. The van der Waals surface area contributed by atoms with Crippen LogP contribution in [-0.4, -0.2) is 41.9 Å². The molecular formula is C23H19F3N4O4S. The number of anilines is 3. The van der Waals surface area contributed by atoms with Gasteiger partial charge in [0.25, 0.3) is 0 Å². The topological polar surface area (TPSA) is 121 Å². The van der Waals surface area contributed by atoms with Crippen molar-refractivity contribution in [2.75, 3.05) is 16.3 Å². The van der Waals surface area contributed by atoms with Gasteiger partial charge in [0.15, 0.2) is 0 Å². The molecule has 2 heterocycles. The summed E-state index contributed by atoms with van der Waals surface area (Å²) in [5.74, 6) is -2.76. The Hall–Kier alpha value is -4.19. The van der Waals surface area contributed by atoms with Crippen molar-refractivity contribution < 1.29 is 31.5 Å². The lowest BCUT2D eigenvalue weighted by Gasteiger charge is -2.11. The third kappa shape index (κ3) is 7.40. The minimum absolute atomic E-state index is 0.528. The fourth-order valence-electron chi connectivity index (χ4n) is 2.95. The van der Waals surface area contributed by atoms with Gasteiger partial charge < -0.3 is 10.4 Å². The summed E-state index contributed by atoms with van der Waals surface area (Å²) >= 11 is 0. The van der Waals surface area contributed by atoms with E-state index in [1.54, 1.807) is 24.5 Å². The van der Waals surface area contributed by atoms with Crippen molar-refractivity contribution in [2.24, 2.45) is 0 Å². The number of rotatable bonds is 5. The first-order valence-corrected chi connectivity index (χ1v) is 11.8. The monoisotopic (exact) mass is 504 g/mol. The fraction of sp³-hybridized carbons (Fsp3) is 0.0870. The lowest BCUT2D eigenvalue weighted by Crippen LogP contribution is -2.21. The van der Waals surface area contributed by atoms with Gasteiger partial charge in [0.2, 0.25) is 10.0 Å². The molecule has 3 N–H and O–H groups in total. The van der Waals surface area contributed by atoms with Crippen LogP contribution in [-0.2, 0) is 14.8 Å². The molecule has 2 aromatic carbocycles. The maximum atomic E-state index is 11.4. The smallest absolute Gasteiger partial charge is 0.475 e. The molecule has 4 rings (SSSR count). The second-order valence-corrected chi connectivity index (χ2v) is 8.96. The first-order valence-electron chi connectivity index (χ1n) is 9.86. The Bertz CT molecular complexity index is 1430. The molecule has 8 nitrogen and oxygen atoms in total. The summed E-state index contributed by atoms with van der Waals surface area (Å²) in [5, 5.41) is 11.5. The van der Waals surface area contributed by atoms with Crippen LogP contribution in [0.25, 0.3) is 22.0 Å². The molecule has 0 aliphatic rings. The van der Waals surface area contributed by atoms with Crippen molar-refractivity contribution in [1.82, 2.24) is 9.97 Å². The highest BCUT2D eigenvalue weighted by Gasteiger charge is 2.38. The van der Waals surface area contributed by atoms with Crippen molar-refractivity contribution in [3.8, 4) is 11.1 Å². The summed E-state index contributed by atoms with van der Waals surface area (Å²) in [6.45, 7) is 0. The largest absolute Gasteiger partial charge is 0.490 e. The van der Waals surface area contributed by atoms with Crippen LogP contribution in [0.2, 0.25) is 0 Å². The number of pyridine rings is 2. The molecule has 0 saturated heterocycles. The fourth-order valence-corrected chi connectivity index (χ4v) is 3.52. The van der Waals surface area contributed by atoms with E-state index in [-0.39, 0.29) is 0 Å². The van der Waals surface area contributed by atoms with E-state index in [2.05, 4.69) is 26.1 Å². The lowest BCUT2D eigenvalue weighted by atomic mass is 10.0. The number of alkyl halides is 3. The van der Waals surface area contributed by atoms with Gasteiger partial charge in [-0.15, -0.1) is 0 Å². The molecule has 12 heteroatoms. The second kappa shape index (κ2) is 10.4. The molecule has 182 valence electrons. The van der Waals surface area contributed by atoms with E-state index >= 15 is 0 Å². The molecule has 0 atom stereocenters. The van der Waals surface area contributed by atoms with E-state index in [4.69, 9.17) is 9.90 Å². The van der Waals surface area contributed by atoms with Gasteiger partial charge >= 0.3 is 12.1 Å². The molecule has 2 aromatic heterocycles. The SMILES string of the molecule is CS(=O)(=O)Nc1ccc(-c2cnc3cccc(Nc4ccncc4)c3c2)cc1.O=C(O)C(F)(F)F. The summed E-state index contributed by atoms with van der Waals surface area (Å²) in [7, 11) is -3.29. The number of nitrogens with one attached hydrogen (secondary N) is 2. The van der Waals surface area contributed by atoms with Gasteiger partial charge in [-0.2, -0.15) is 13.2 Å². The standard InChI is InChI=1S/C21H18N4O2S.C2HF3O2/c1-28(26,27)25-18-7-5-15(6-8-18)16-13-19-20(23-14-16)3-2-4-21(19)24-17-9-11-22-12-10-17;3-2(4,5)1(6)7/h2-14,25H,1H3,(H,22,24);(H,6,7).